The van der Waals surface area contributed by atoms with Crippen LogP contribution in [-0.2, 0) is 14.3 Å². The minimum absolute atomic E-state index is 0.0814. The van der Waals surface area contributed by atoms with Crippen molar-refractivity contribution in [3.63, 3.8) is 0 Å². The average Bonchev–Trinajstić information content (AvgIpc) is 2.76. The summed E-state index contributed by atoms with van der Waals surface area (Å²) in [7, 11) is 1.82. The third kappa shape index (κ3) is 5.89. The lowest BCUT2D eigenvalue weighted by molar-refractivity contribution is -0.143. The molecule has 32 heavy (non-hydrogen) atoms. The monoisotopic (exact) mass is 469 g/mol. The summed E-state index contributed by atoms with van der Waals surface area (Å²) in [5.74, 6) is -0.134. The van der Waals surface area contributed by atoms with Crippen molar-refractivity contribution in [2.24, 2.45) is 0 Å². The van der Waals surface area contributed by atoms with Gasteiger partial charge in [-0.3, -0.25) is 4.79 Å². The first-order valence-electron chi connectivity index (χ1n) is 10.3. The topological polar surface area (TPSA) is 70.7 Å². The zero-order valence-corrected chi connectivity index (χ0v) is 20.2. The highest BCUT2D eigenvalue weighted by Gasteiger charge is 2.33. The highest BCUT2D eigenvalue weighted by atomic mass is 32.2. The van der Waals surface area contributed by atoms with Crippen LogP contribution in [0.2, 0.25) is 0 Å². The van der Waals surface area contributed by atoms with Crippen LogP contribution in [0.5, 0.6) is 0 Å². The second-order valence-corrected chi connectivity index (χ2v) is 9.10. The molecular formula is C24H27N3O3S2. The standard InChI is InChI=1S/C24H27N3O3S2/c1-15(2)30-23(29)21-16(3)27(4)24(31)26-22(21)17-10-12-18(13-11-17)25-20(28)14-32-19-8-6-5-7-9-19/h5-13,15,22H,14H2,1-4H3,(H,25,28)(H,26,31)/t22-/m0/s1. The number of esters is 1. The summed E-state index contributed by atoms with van der Waals surface area (Å²) in [5, 5.41) is 6.66. The Morgan fingerprint density at radius 1 is 1.16 bits per heavy atom. The fraction of sp³-hybridized carbons (Fsp3) is 0.292. The lowest BCUT2D eigenvalue weighted by Gasteiger charge is -2.35. The number of hydrogen-bond acceptors (Lipinski definition) is 5. The Morgan fingerprint density at radius 3 is 2.44 bits per heavy atom. The molecule has 0 unspecified atom stereocenters. The van der Waals surface area contributed by atoms with Crippen molar-refractivity contribution in [1.29, 1.82) is 0 Å². The van der Waals surface area contributed by atoms with Crippen LogP contribution in [0.15, 0.2) is 70.8 Å². The summed E-state index contributed by atoms with van der Waals surface area (Å²) < 4.78 is 5.47. The molecule has 2 aromatic rings. The Bertz CT molecular complexity index is 1020. The summed E-state index contributed by atoms with van der Waals surface area (Å²) in [4.78, 5) is 27.9. The van der Waals surface area contributed by atoms with Gasteiger partial charge in [-0.1, -0.05) is 30.3 Å². The Labute approximate surface area is 198 Å². The largest absolute Gasteiger partial charge is 0.459 e. The third-order valence-corrected chi connectivity index (χ3v) is 6.36. The number of hydrogen-bond donors (Lipinski definition) is 2. The smallest absolute Gasteiger partial charge is 0.338 e. The number of rotatable bonds is 7. The highest BCUT2D eigenvalue weighted by Crippen LogP contribution is 2.31. The molecule has 1 heterocycles. The molecule has 168 valence electrons. The number of carbonyl (C=O) groups excluding carboxylic acids is 2. The minimum Gasteiger partial charge on any atom is -0.459 e. The van der Waals surface area contributed by atoms with E-state index in [-0.39, 0.29) is 18.0 Å². The van der Waals surface area contributed by atoms with Gasteiger partial charge in [0.2, 0.25) is 5.91 Å². The number of thioether (sulfide) groups is 1. The molecule has 0 saturated carbocycles. The van der Waals surface area contributed by atoms with Gasteiger partial charge in [0.1, 0.15) is 0 Å². The molecular weight excluding hydrogens is 442 g/mol. The van der Waals surface area contributed by atoms with Crippen LogP contribution in [0.3, 0.4) is 0 Å². The summed E-state index contributed by atoms with van der Waals surface area (Å²) >= 11 is 6.92. The SMILES string of the molecule is CC1=C(C(=O)OC(C)C)[C@H](c2ccc(NC(=O)CSc3ccccc3)cc2)NC(=S)N1C. The van der Waals surface area contributed by atoms with Gasteiger partial charge in [0.25, 0.3) is 0 Å². The lowest BCUT2D eigenvalue weighted by Crippen LogP contribution is -2.46. The van der Waals surface area contributed by atoms with E-state index in [1.807, 2.05) is 82.4 Å². The quantitative estimate of drug-likeness (QED) is 0.351. The lowest BCUT2D eigenvalue weighted by atomic mass is 9.95. The molecule has 1 atom stereocenters. The van der Waals surface area contributed by atoms with Gasteiger partial charge in [0.15, 0.2) is 5.11 Å². The van der Waals surface area contributed by atoms with Crippen molar-refractivity contribution in [1.82, 2.24) is 10.2 Å². The first-order chi connectivity index (χ1) is 15.3. The van der Waals surface area contributed by atoms with E-state index in [0.717, 1.165) is 16.2 Å². The molecule has 2 aromatic carbocycles. The van der Waals surface area contributed by atoms with Crippen LogP contribution in [0.1, 0.15) is 32.4 Å². The van der Waals surface area contributed by atoms with Gasteiger partial charge in [-0.2, -0.15) is 0 Å². The molecule has 1 aliphatic heterocycles. The summed E-state index contributed by atoms with van der Waals surface area (Å²) in [6, 6.07) is 16.8. The first kappa shape index (κ1) is 23.8. The van der Waals surface area contributed by atoms with Crippen molar-refractivity contribution in [3.05, 3.63) is 71.4 Å². The van der Waals surface area contributed by atoms with E-state index in [2.05, 4.69) is 10.6 Å². The first-order valence-corrected chi connectivity index (χ1v) is 11.7. The van der Waals surface area contributed by atoms with Crippen molar-refractivity contribution in [2.45, 2.75) is 37.8 Å². The minimum atomic E-state index is -0.427. The normalized spacial score (nSPS) is 16.1. The maximum absolute atomic E-state index is 12.8. The number of anilines is 1. The van der Waals surface area contributed by atoms with Crippen LogP contribution < -0.4 is 10.6 Å². The van der Waals surface area contributed by atoms with Gasteiger partial charge in [0.05, 0.1) is 23.5 Å². The number of benzene rings is 2. The van der Waals surface area contributed by atoms with Crippen LogP contribution in [0, 0.1) is 0 Å². The fourth-order valence-electron chi connectivity index (χ4n) is 3.25. The molecule has 6 nitrogen and oxygen atoms in total. The molecule has 8 heteroatoms. The molecule has 0 saturated heterocycles. The molecule has 0 bridgehead atoms. The van der Waals surface area contributed by atoms with E-state index in [1.165, 1.54) is 11.8 Å². The van der Waals surface area contributed by atoms with Crippen molar-refractivity contribution < 1.29 is 14.3 Å². The maximum Gasteiger partial charge on any atom is 0.338 e. The van der Waals surface area contributed by atoms with Gasteiger partial charge < -0.3 is 20.3 Å². The molecule has 0 spiro atoms. The number of ether oxygens (including phenoxy) is 1. The fourth-order valence-corrected chi connectivity index (χ4v) is 4.22. The van der Waals surface area contributed by atoms with E-state index in [9.17, 15) is 9.59 Å². The highest BCUT2D eigenvalue weighted by molar-refractivity contribution is 8.00. The summed E-state index contributed by atoms with van der Waals surface area (Å²) in [5.41, 5.74) is 2.81. The van der Waals surface area contributed by atoms with Crippen LogP contribution >= 0.6 is 24.0 Å². The van der Waals surface area contributed by atoms with Gasteiger partial charge >= 0.3 is 5.97 Å². The number of allylic oxidation sites excluding steroid dienone is 1. The van der Waals surface area contributed by atoms with Gasteiger partial charge in [0, 0.05) is 23.3 Å². The summed E-state index contributed by atoms with van der Waals surface area (Å²) in [6.07, 6.45) is -0.228. The number of nitrogens with one attached hydrogen (secondary N) is 2. The number of amides is 1. The average molecular weight is 470 g/mol. The molecule has 3 rings (SSSR count). The van der Waals surface area contributed by atoms with Crippen LogP contribution in [0.4, 0.5) is 5.69 Å². The van der Waals surface area contributed by atoms with E-state index >= 15 is 0 Å². The molecule has 2 N–H and O–H groups in total. The second kappa shape index (κ2) is 10.7. The Hall–Kier alpha value is -2.84. The van der Waals surface area contributed by atoms with Crippen LogP contribution in [-0.4, -0.2) is 40.8 Å². The maximum atomic E-state index is 12.8. The van der Waals surface area contributed by atoms with Gasteiger partial charge in [-0.05, 0) is 62.8 Å². The molecule has 0 aromatic heterocycles. The Kier molecular flexibility index (Phi) is 7.93. The number of thiocarbonyl (C=S) groups is 1. The van der Waals surface area contributed by atoms with Crippen molar-refractivity contribution >= 4 is 46.7 Å². The molecule has 0 aliphatic carbocycles. The third-order valence-electron chi connectivity index (χ3n) is 4.96. The Morgan fingerprint density at radius 2 is 1.81 bits per heavy atom. The van der Waals surface area contributed by atoms with Crippen molar-refractivity contribution in [2.75, 3.05) is 18.1 Å². The number of carbonyl (C=O) groups is 2. The molecule has 1 aliphatic rings. The van der Waals surface area contributed by atoms with Gasteiger partial charge in [-0.25, -0.2) is 4.79 Å². The van der Waals surface area contributed by atoms with Crippen LogP contribution in [0.25, 0.3) is 0 Å². The predicted molar refractivity (Wildman–Crippen MR) is 132 cm³/mol. The van der Waals surface area contributed by atoms with E-state index < -0.39 is 6.04 Å². The zero-order chi connectivity index (χ0) is 23.3. The Balaban J connectivity index is 1.72. The van der Waals surface area contributed by atoms with Crippen molar-refractivity contribution in [3.8, 4) is 0 Å². The number of nitrogens with zero attached hydrogens (tertiary/aromatic N) is 1. The van der Waals surface area contributed by atoms with E-state index in [1.54, 1.807) is 4.90 Å². The second-order valence-electron chi connectivity index (χ2n) is 7.67. The molecule has 0 radical (unpaired) electrons. The summed E-state index contributed by atoms with van der Waals surface area (Å²) in [6.45, 7) is 5.50. The van der Waals surface area contributed by atoms with Gasteiger partial charge in [-0.15, -0.1) is 11.8 Å². The molecule has 0 fully saturated rings. The van der Waals surface area contributed by atoms with E-state index in [4.69, 9.17) is 17.0 Å². The predicted octanol–water partition coefficient (Wildman–Crippen LogP) is 4.50. The van der Waals surface area contributed by atoms with E-state index in [0.29, 0.717) is 22.1 Å². The molecule has 1 amide bonds. The zero-order valence-electron chi connectivity index (χ0n) is 18.5.